The van der Waals surface area contributed by atoms with Crippen molar-refractivity contribution >= 4 is 17.8 Å². The zero-order valence-electron chi connectivity index (χ0n) is 9.59. The van der Waals surface area contributed by atoms with Crippen LogP contribution in [-0.2, 0) is 4.57 Å². The van der Waals surface area contributed by atoms with Gasteiger partial charge in [0.2, 0.25) is 0 Å². The van der Waals surface area contributed by atoms with E-state index in [4.69, 9.17) is 4.74 Å². The van der Waals surface area contributed by atoms with Crippen molar-refractivity contribution in [2.24, 2.45) is 0 Å². The van der Waals surface area contributed by atoms with Gasteiger partial charge in [0, 0.05) is 5.30 Å². The van der Waals surface area contributed by atoms with Crippen LogP contribution in [0.4, 0.5) is 0 Å². The first-order valence-electron chi connectivity index (χ1n) is 5.59. The second kappa shape index (κ2) is 3.75. The van der Waals surface area contributed by atoms with Crippen molar-refractivity contribution < 1.29 is 9.30 Å². The standard InChI is InChI=1S/C14H13O2P/c1-11-6-2-4-8-13(11)17(15)10-16-12-7-3-5-9-14(12)17/h2-9H,10H2,1H3. The first kappa shape index (κ1) is 10.6. The van der Waals surface area contributed by atoms with Gasteiger partial charge in [-0.25, -0.2) is 0 Å². The molecule has 0 fully saturated rings. The van der Waals surface area contributed by atoms with Gasteiger partial charge in [0.15, 0.2) is 7.14 Å². The molecule has 0 saturated carbocycles. The van der Waals surface area contributed by atoms with E-state index in [1.165, 1.54) is 0 Å². The smallest absolute Gasteiger partial charge is 0.182 e. The Balaban J connectivity index is 2.23. The molecule has 86 valence electrons. The third kappa shape index (κ3) is 1.52. The minimum atomic E-state index is -2.57. The van der Waals surface area contributed by atoms with Crippen molar-refractivity contribution in [2.45, 2.75) is 6.92 Å². The zero-order valence-corrected chi connectivity index (χ0v) is 10.5. The van der Waals surface area contributed by atoms with E-state index < -0.39 is 7.14 Å². The predicted octanol–water partition coefficient (Wildman–Crippen LogP) is 2.66. The van der Waals surface area contributed by atoms with Crippen molar-refractivity contribution in [2.75, 3.05) is 6.35 Å². The lowest BCUT2D eigenvalue weighted by molar-refractivity contribution is 0.395. The number of para-hydroxylation sites is 1. The minimum Gasteiger partial charge on any atom is -0.484 e. The molecule has 1 aliphatic heterocycles. The van der Waals surface area contributed by atoms with Gasteiger partial charge in [-0.15, -0.1) is 0 Å². The van der Waals surface area contributed by atoms with Gasteiger partial charge in [0.25, 0.3) is 0 Å². The van der Waals surface area contributed by atoms with Gasteiger partial charge in [-0.2, -0.15) is 0 Å². The molecular formula is C14H13O2P. The largest absolute Gasteiger partial charge is 0.484 e. The first-order valence-corrected chi connectivity index (χ1v) is 7.49. The fraction of sp³-hybridized carbons (Fsp3) is 0.143. The monoisotopic (exact) mass is 244 g/mol. The van der Waals surface area contributed by atoms with Crippen molar-refractivity contribution in [1.29, 1.82) is 0 Å². The summed E-state index contributed by atoms with van der Waals surface area (Å²) in [7, 11) is -2.57. The lowest BCUT2D eigenvalue weighted by Gasteiger charge is -2.13. The van der Waals surface area contributed by atoms with Gasteiger partial charge < -0.3 is 9.30 Å². The highest BCUT2D eigenvalue weighted by Crippen LogP contribution is 2.50. The highest BCUT2D eigenvalue weighted by molar-refractivity contribution is 7.79. The first-order chi connectivity index (χ1) is 8.22. The Morgan fingerprint density at radius 3 is 2.41 bits per heavy atom. The van der Waals surface area contributed by atoms with Crippen LogP contribution in [0.3, 0.4) is 0 Å². The number of hydrogen-bond acceptors (Lipinski definition) is 2. The van der Waals surface area contributed by atoms with Crippen LogP contribution in [0, 0.1) is 6.92 Å². The summed E-state index contributed by atoms with van der Waals surface area (Å²) in [6.45, 7) is 2.00. The van der Waals surface area contributed by atoms with Crippen molar-refractivity contribution in [3.8, 4) is 5.75 Å². The summed E-state index contributed by atoms with van der Waals surface area (Å²) in [6, 6.07) is 15.5. The van der Waals surface area contributed by atoms with Crippen LogP contribution in [0.5, 0.6) is 5.75 Å². The number of hydrogen-bond donors (Lipinski definition) is 0. The Bertz CT molecular complexity index is 619. The molecule has 0 radical (unpaired) electrons. The summed E-state index contributed by atoms with van der Waals surface area (Å²) in [4.78, 5) is 0. The summed E-state index contributed by atoms with van der Waals surface area (Å²) in [6.07, 6.45) is 0.289. The summed E-state index contributed by atoms with van der Waals surface area (Å²) in [5.41, 5.74) is 1.07. The SMILES string of the molecule is Cc1ccccc1P1(=O)COc2ccccc21. The van der Waals surface area contributed by atoms with Crippen LogP contribution >= 0.6 is 7.14 Å². The second-order valence-corrected chi connectivity index (χ2v) is 6.97. The van der Waals surface area contributed by atoms with Crippen molar-refractivity contribution in [3.05, 3.63) is 54.1 Å². The van der Waals surface area contributed by atoms with E-state index in [1.54, 1.807) is 0 Å². The van der Waals surface area contributed by atoms with E-state index >= 15 is 0 Å². The van der Waals surface area contributed by atoms with E-state index in [9.17, 15) is 4.57 Å². The molecule has 17 heavy (non-hydrogen) atoms. The molecule has 2 aromatic rings. The summed E-state index contributed by atoms with van der Waals surface area (Å²) in [5.74, 6) is 0.763. The molecule has 2 nitrogen and oxygen atoms in total. The van der Waals surface area contributed by atoms with Crippen LogP contribution in [0.2, 0.25) is 0 Å². The Morgan fingerprint density at radius 2 is 1.65 bits per heavy atom. The van der Waals surface area contributed by atoms with Crippen LogP contribution in [0.15, 0.2) is 48.5 Å². The molecule has 1 aliphatic rings. The van der Waals surface area contributed by atoms with Crippen molar-refractivity contribution in [1.82, 2.24) is 0 Å². The predicted molar refractivity (Wildman–Crippen MR) is 70.0 cm³/mol. The fourth-order valence-electron chi connectivity index (χ4n) is 2.28. The van der Waals surface area contributed by atoms with Gasteiger partial charge in [0.05, 0.1) is 5.30 Å². The van der Waals surface area contributed by atoms with E-state index in [0.29, 0.717) is 0 Å². The molecule has 0 aromatic heterocycles. The quantitative estimate of drug-likeness (QED) is 0.721. The van der Waals surface area contributed by atoms with Crippen LogP contribution in [0.25, 0.3) is 0 Å². The van der Waals surface area contributed by atoms with E-state index in [-0.39, 0.29) is 6.35 Å². The third-order valence-electron chi connectivity index (χ3n) is 3.16. The molecule has 0 aliphatic carbocycles. The maximum atomic E-state index is 13.1. The van der Waals surface area contributed by atoms with Gasteiger partial charge in [-0.3, -0.25) is 0 Å². The lowest BCUT2D eigenvalue weighted by atomic mass is 10.2. The van der Waals surface area contributed by atoms with Gasteiger partial charge in [0.1, 0.15) is 12.1 Å². The van der Waals surface area contributed by atoms with Crippen LogP contribution < -0.4 is 15.3 Å². The maximum Gasteiger partial charge on any atom is 0.182 e. The zero-order chi connectivity index (χ0) is 11.9. The maximum absolute atomic E-state index is 13.1. The van der Waals surface area contributed by atoms with Crippen LogP contribution in [0.1, 0.15) is 5.56 Å². The van der Waals surface area contributed by atoms with E-state index in [0.717, 1.165) is 21.9 Å². The average molecular weight is 244 g/mol. The van der Waals surface area contributed by atoms with Gasteiger partial charge in [-0.1, -0.05) is 36.4 Å². The Hall–Kier alpha value is -1.53. The average Bonchev–Trinajstić information content (AvgIpc) is 2.70. The molecule has 0 saturated heterocycles. The molecule has 0 N–H and O–H groups in total. The molecule has 3 rings (SSSR count). The number of ether oxygens (including phenoxy) is 1. The Labute approximate surface area is 101 Å². The fourth-order valence-corrected chi connectivity index (χ4v) is 4.93. The molecule has 2 aromatic carbocycles. The third-order valence-corrected chi connectivity index (χ3v) is 6.08. The molecule has 0 amide bonds. The second-order valence-electron chi connectivity index (χ2n) is 4.27. The van der Waals surface area contributed by atoms with E-state index in [1.807, 2.05) is 55.5 Å². The summed E-state index contributed by atoms with van der Waals surface area (Å²) >= 11 is 0. The molecule has 3 heteroatoms. The highest BCUT2D eigenvalue weighted by Gasteiger charge is 2.37. The minimum absolute atomic E-state index is 0.289. The van der Waals surface area contributed by atoms with Crippen molar-refractivity contribution in [3.63, 3.8) is 0 Å². The molecule has 1 heterocycles. The number of fused-ring (bicyclic) bond motifs is 1. The van der Waals surface area contributed by atoms with Gasteiger partial charge >= 0.3 is 0 Å². The highest BCUT2D eigenvalue weighted by atomic mass is 31.2. The molecule has 1 atom stereocenters. The normalized spacial score (nSPS) is 21.9. The van der Waals surface area contributed by atoms with Gasteiger partial charge in [-0.05, 0) is 24.6 Å². The Kier molecular flexibility index (Phi) is 2.34. The summed E-state index contributed by atoms with van der Waals surface area (Å²) < 4.78 is 18.7. The topological polar surface area (TPSA) is 26.3 Å². The Morgan fingerprint density at radius 1 is 1.00 bits per heavy atom. The molecule has 1 unspecified atom stereocenters. The molecular weight excluding hydrogens is 231 g/mol. The number of aryl methyl sites for hydroxylation is 1. The molecule has 0 spiro atoms. The van der Waals surface area contributed by atoms with Crippen LogP contribution in [-0.4, -0.2) is 6.35 Å². The number of benzene rings is 2. The van der Waals surface area contributed by atoms with E-state index in [2.05, 4.69) is 0 Å². The lowest BCUT2D eigenvalue weighted by Crippen LogP contribution is -2.16. The summed E-state index contributed by atoms with van der Waals surface area (Å²) in [5, 5.41) is 1.78. The number of rotatable bonds is 1. The molecule has 0 bridgehead atoms.